The molecule has 1 amide bonds. The summed E-state index contributed by atoms with van der Waals surface area (Å²) in [6.07, 6.45) is 0.508. The predicted molar refractivity (Wildman–Crippen MR) is 51.6 cm³/mol. The molecule has 74 valence electrons. The predicted octanol–water partition coefficient (Wildman–Crippen LogP) is -0.986. The second-order valence-corrected chi connectivity index (χ2v) is 3.12. The lowest BCUT2D eigenvalue weighted by atomic mass is 10.4. The van der Waals surface area contributed by atoms with Gasteiger partial charge in [-0.15, -0.1) is 0 Å². The van der Waals surface area contributed by atoms with Crippen molar-refractivity contribution in [3.8, 4) is 0 Å². The molecule has 0 radical (unpaired) electrons. The number of amides is 1. The number of nitrogens with zero attached hydrogens (tertiary/aromatic N) is 2. The summed E-state index contributed by atoms with van der Waals surface area (Å²) in [6, 6.07) is 0. The molecule has 0 saturated heterocycles. The van der Waals surface area contributed by atoms with Gasteiger partial charge in [0, 0.05) is 33.6 Å². The van der Waals surface area contributed by atoms with Crippen LogP contribution in [0.2, 0.25) is 0 Å². The van der Waals surface area contributed by atoms with Crippen LogP contribution in [-0.4, -0.2) is 50.5 Å². The highest BCUT2D eigenvalue weighted by atomic mass is 16.2. The Bertz CT molecular complexity index is 212. The third-order valence-corrected chi connectivity index (χ3v) is 1.80. The third kappa shape index (κ3) is 3.31. The van der Waals surface area contributed by atoms with Crippen molar-refractivity contribution in [2.45, 2.75) is 6.42 Å². The molecule has 0 saturated carbocycles. The minimum atomic E-state index is 0.131. The lowest BCUT2D eigenvalue weighted by molar-refractivity contribution is -0.128. The molecule has 1 rings (SSSR count). The van der Waals surface area contributed by atoms with Gasteiger partial charge in [-0.3, -0.25) is 9.79 Å². The van der Waals surface area contributed by atoms with E-state index in [-0.39, 0.29) is 5.91 Å². The van der Waals surface area contributed by atoms with Gasteiger partial charge < -0.3 is 15.5 Å². The largest absolute Gasteiger partial charge is 0.356 e. The van der Waals surface area contributed by atoms with Gasteiger partial charge in [-0.1, -0.05) is 0 Å². The average Bonchev–Trinajstić information content (AvgIpc) is 2.56. The lowest BCUT2D eigenvalue weighted by Gasteiger charge is -2.10. The molecule has 2 N–H and O–H groups in total. The SMILES string of the molecule is CN(C)C(=O)CCNC1=NCCN1. The first-order valence-electron chi connectivity index (χ1n) is 4.42. The summed E-state index contributed by atoms with van der Waals surface area (Å²) in [5.74, 6) is 0.942. The van der Waals surface area contributed by atoms with E-state index in [1.165, 1.54) is 0 Å². The fourth-order valence-corrected chi connectivity index (χ4v) is 1.03. The molecule has 0 aromatic rings. The molecule has 0 fully saturated rings. The topological polar surface area (TPSA) is 56.7 Å². The fourth-order valence-electron chi connectivity index (χ4n) is 1.03. The van der Waals surface area contributed by atoms with E-state index >= 15 is 0 Å². The normalized spacial score (nSPS) is 14.8. The minimum absolute atomic E-state index is 0.131. The molecule has 1 aliphatic heterocycles. The van der Waals surface area contributed by atoms with Crippen LogP contribution in [0.5, 0.6) is 0 Å². The van der Waals surface area contributed by atoms with Crippen molar-refractivity contribution in [1.82, 2.24) is 15.5 Å². The highest BCUT2D eigenvalue weighted by Gasteiger charge is 2.06. The van der Waals surface area contributed by atoms with Crippen LogP contribution in [0.4, 0.5) is 0 Å². The van der Waals surface area contributed by atoms with Crippen molar-refractivity contribution in [2.24, 2.45) is 4.99 Å². The molecular weight excluding hydrogens is 168 g/mol. The zero-order valence-electron chi connectivity index (χ0n) is 8.13. The lowest BCUT2D eigenvalue weighted by Crippen LogP contribution is -2.36. The van der Waals surface area contributed by atoms with E-state index in [0.29, 0.717) is 13.0 Å². The molecule has 1 aliphatic rings. The maximum Gasteiger partial charge on any atom is 0.223 e. The Kier molecular flexibility index (Phi) is 3.54. The van der Waals surface area contributed by atoms with Gasteiger partial charge in [0.25, 0.3) is 0 Å². The number of carbonyl (C=O) groups excluding carboxylic acids is 1. The average molecular weight is 184 g/mol. The minimum Gasteiger partial charge on any atom is -0.356 e. The molecule has 13 heavy (non-hydrogen) atoms. The Morgan fingerprint density at radius 1 is 1.69 bits per heavy atom. The van der Waals surface area contributed by atoms with E-state index in [0.717, 1.165) is 19.0 Å². The van der Waals surface area contributed by atoms with E-state index in [2.05, 4.69) is 15.6 Å². The van der Waals surface area contributed by atoms with Gasteiger partial charge in [0.05, 0.1) is 6.54 Å². The van der Waals surface area contributed by atoms with Crippen molar-refractivity contribution in [3.05, 3.63) is 0 Å². The first-order valence-corrected chi connectivity index (χ1v) is 4.42. The van der Waals surface area contributed by atoms with Crippen molar-refractivity contribution < 1.29 is 4.79 Å². The summed E-state index contributed by atoms with van der Waals surface area (Å²) in [4.78, 5) is 16.9. The number of rotatable bonds is 3. The van der Waals surface area contributed by atoms with E-state index in [9.17, 15) is 4.79 Å². The zero-order valence-corrected chi connectivity index (χ0v) is 8.13. The molecule has 0 aromatic heterocycles. The van der Waals surface area contributed by atoms with E-state index in [4.69, 9.17) is 0 Å². The summed E-state index contributed by atoms with van der Waals surface area (Å²) >= 11 is 0. The maximum absolute atomic E-state index is 11.1. The van der Waals surface area contributed by atoms with E-state index in [1.54, 1.807) is 19.0 Å². The van der Waals surface area contributed by atoms with Crippen LogP contribution in [0, 0.1) is 0 Å². The molecular formula is C8H16N4O. The first-order chi connectivity index (χ1) is 6.20. The summed E-state index contributed by atoms with van der Waals surface area (Å²) in [5, 5.41) is 6.13. The number of hydrogen-bond donors (Lipinski definition) is 2. The van der Waals surface area contributed by atoms with Crippen LogP contribution in [0.25, 0.3) is 0 Å². The monoisotopic (exact) mass is 184 g/mol. The standard InChI is InChI=1S/C8H16N4O/c1-12(2)7(13)3-4-9-8-10-5-6-11-8/h3-6H2,1-2H3,(H2,9,10,11). The highest BCUT2D eigenvalue weighted by Crippen LogP contribution is 1.86. The van der Waals surface area contributed by atoms with Crippen LogP contribution in [0.1, 0.15) is 6.42 Å². The molecule has 5 nitrogen and oxygen atoms in total. The third-order valence-electron chi connectivity index (χ3n) is 1.80. The number of nitrogens with one attached hydrogen (secondary N) is 2. The van der Waals surface area contributed by atoms with Gasteiger partial charge in [0.15, 0.2) is 5.96 Å². The van der Waals surface area contributed by atoms with Crippen molar-refractivity contribution in [1.29, 1.82) is 0 Å². The molecule has 0 bridgehead atoms. The van der Waals surface area contributed by atoms with Crippen LogP contribution in [0.3, 0.4) is 0 Å². The van der Waals surface area contributed by atoms with E-state index < -0.39 is 0 Å². The first kappa shape index (κ1) is 9.83. The smallest absolute Gasteiger partial charge is 0.223 e. The number of hydrogen-bond acceptors (Lipinski definition) is 4. The summed E-state index contributed by atoms with van der Waals surface area (Å²) < 4.78 is 0. The van der Waals surface area contributed by atoms with Gasteiger partial charge in [-0.2, -0.15) is 0 Å². The molecule has 1 heterocycles. The number of aliphatic imine (C=N–C) groups is 1. The van der Waals surface area contributed by atoms with Crippen LogP contribution in [-0.2, 0) is 4.79 Å². The van der Waals surface area contributed by atoms with Crippen molar-refractivity contribution in [3.63, 3.8) is 0 Å². The summed E-state index contributed by atoms with van der Waals surface area (Å²) in [6.45, 7) is 2.36. The molecule has 0 unspecified atom stereocenters. The molecule has 0 spiro atoms. The van der Waals surface area contributed by atoms with E-state index in [1.807, 2.05) is 0 Å². The molecule has 5 heteroatoms. The second-order valence-electron chi connectivity index (χ2n) is 3.12. The Hall–Kier alpha value is -1.26. The Morgan fingerprint density at radius 2 is 2.46 bits per heavy atom. The number of guanidine groups is 1. The molecule has 0 aliphatic carbocycles. The van der Waals surface area contributed by atoms with Gasteiger partial charge >= 0.3 is 0 Å². The zero-order chi connectivity index (χ0) is 9.68. The van der Waals surface area contributed by atoms with Gasteiger partial charge in [-0.25, -0.2) is 0 Å². The van der Waals surface area contributed by atoms with Gasteiger partial charge in [0.1, 0.15) is 0 Å². The molecule has 0 aromatic carbocycles. The quantitative estimate of drug-likeness (QED) is 0.592. The Labute approximate surface area is 78.2 Å². The van der Waals surface area contributed by atoms with Gasteiger partial charge in [0.2, 0.25) is 5.91 Å². The highest BCUT2D eigenvalue weighted by molar-refractivity contribution is 5.82. The van der Waals surface area contributed by atoms with Gasteiger partial charge in [-0.05, 0) is 0 Å². The van der Waals surface area contributed by atoms with Crippen LogP contribution >= 0.6 is 0 Å². The van der Waals surface area contributed by atoms with Crippen molar-refractivity contribution >= 4 is 11.9 Å². The second kappa shape index (κ2) is 4.69. The number of carbonyl (C=O) groups is 1. The van der Waals surface area contributed by atoms with Crippen LogP contribution < -0.4 is 10.6 Å². The fraction of sp³-hybridized carbons (Fsp3) is 0.750. The van der Waals surface area contributed by atoms with Crippen LogP contribution in [0.15, 0.2) is 4.99 Å². The summed E-state index contributed by atoms with van der Waals surface area (Å²) in [7, 11) is 3.52. The summed E-state index contributed by atoms with van der Waals surface area (Å²) in [5.41, 5.74) is 0. The Balaban J connectivity index is 2.10. The maximum atomic E-state index is 11.1. The molecule has 0 atom stereocenters. The Morgan fingerprint density at radius 3 is 3.00 bits per heavy atom. The van der Waals surface area contributed by atoms with Crippen molar-refractivity contribution in [2.75, 3.05) is 33.7 Å².